The Labute approximate surface area is 128 Å². The minimum absolute atomic E-state index is 0.0136. The quantitative estimate of drug-likeness (QED) is 0.932. The molecule has 1 N–H and O–H groups in total. The molecule has 2 rings (SSSR count). The summed E-state index contributed by atoms with van der Waals surface area (Å²) in [5, 5.41) is 7.00. The van der Waals surface area contributed by atoms with Gasteiger partial charge in [0.2, 0.25) is 5.91 Å². The SMILES string of the molecule is Cc1nn(C)c(C)c1CC(=O)N[C@@H]1CCC[C@@H](C(F)(F)F)C1. The largest absolute Gasteiger partial charge is 0.391 e. The zero-order valence-corrected chi connectivity index (χ0v) is 13.1. The fourth-order valence-electron chi connectivity index (χ4n) is 3.13. The average molecular weight is 317 g/mol. The summed E-state index contributed by atoms with van der Waals surface area (Å²) < 4.78 is 40.1. The van der Waals surface area contributed by atoms with Crippen molar-refractivity contribution in [2.45, 2.75) is 58.2 Å². The first-order valence-electron chi connectivity index (χ1n) is 7.53. The summed E-state index contributed by atoms with van der Waals surface area (Å²) in [4.78, 5) is 12.1. The topological polar surface area (TPSA) is 46.9 Å². The van der Waals surface area contributed by atoms with E-state index in [1.807, 2.05) is 13.8 Å². The Bertz CT molecular complexity index is 551. The molecule has 1 fully saturated rings. The van der Waals surface area contributed by atoms with Crippen molar-refractivity contribution in [1.82, 2.24) is 15.1 Å². The number of carbonyl (C=O) groups excluding carboxylic acids is 1. The molecular weight excluding hydrogens is 295 g/mol. The van der Waals surface area contributed by atoms with E-state index in [0.29, 0.717) is 12.8 Å². The van der Waals surface area contributed by atoms with Crippen molar-refractivity contribution in [2.75, 3.05) is 0 Å². The van der Waals surface area contributed by atoms with E-state index in [2.05, 4.69) is 10.4 Å². The standard InChI is InChI=1S/C15H22F3N3O/c1-9-13(10(2)21(3)20-9)8-14(22)19-12-6-4-5-11(7-12)15(16,17)18/h11-12H,4-8H2,1-3H3,(H,19,22)/t11-,12-/m1/s1. The van der Waals surface area contributed by atoms with Gasteiger partial charge in [-0.25, -0.2) is 0 Å². The van der Waals surface area contributed by atoms with Crippen LogP contribution in [0.1, 0.15) is 42.6 Å². The van der Waals surface area contributed by atoms with Gasteiger partial charge < -0.3 is 5.32 Å². The smallest absolute Gasteiger partial charge is 0.353 e. The highest BCUT2D eigenvalue weighted by atomic mass is 19.4. The first kappa shape index (κ1) is 16.8. The van der Waals surface area contributed by atoms with Crippen LogP contribution in [0.4, 0.5) is 13.2 Å². The lowest BCUT2D eigenvalue weighted by Gasteiger charge is -2.31. The first-order chi connectivity index (χ1) is 10.2. The molecule has 2 atom stereocenters. The molecule has 1 aromatic heterocycles. The van der Waals surface area contributed by atoms with Crippen LogP contribution in [-0.4, -0.2) is 27.9 Å². The lowest BCUT2D eigenvalue weighted by molar-refractivity contribution is -0.184. The van der Waals surface area contributed by atoms with Gasteiger partial charge in [0.15, 0.2) is 0 Å². The second-order valence-corrected chi connectivity index (χ2v) is 6.12. The molecule has 0 saturated heterocycles. The van der Waals surface area contributed by atoms with Gasteiger partial charge in [0.25, 0.3) is 0 Å². The van der Waals surface area contributed by atoms with E-state index in [-0.39, 0.29) is 31.2 Å². The first-order valence-corrected chi connectivity index (χ1v) is 7.53. The maximum Gasteiger partial charge on any atom is 0.391 e. The van der Waals surface area contributed by atoms with Crippen molar-refractivity contribution in [3.05, 3.63) is 17.0 Å². The predicted octanol–water partition coefficient (Wildman–Crippen LogP) is 2.82. The van der Waals surface area contributed by atoms with Gasteiger partial charge >= 0.3 is 6.18 Å². The van der Waals surface area contributed by atoms with Crippen molar-refractivity contribution in [2.24, 2.45) is 13.0 Å². The number of aromatic nitrogens is 2. The Hall–Kier alpha value is -1.53. The summed E-state index contributed by atoms with van der Waals surface area (Å²) in [6.45, 7) is 3.71. The van der Waals surface area contributed by atoms with E-state index in [1.54, 1.807) is 11.7 Å². The van der Waals surface area contributed by atoms with Crippen LogP contribution in [0.3, 0.4) is 0 Å². The molecule has 0 aliphatic heterocycles. The third kappa shape index (κ3) is 3.81. The van der Waals surface area contributed by atoms with Crippen LogP contribution in [0.25, 0.3) is 0 Å². The summed E-state index contributed by atoms with van der Waals surface area (Å²) in [5.74, 6) is -1.53. The Morgan fingerprint density at radius 3 is 2.59 bits per heavy atom. The molecule has 22 heavy (non-hydrogen) atoms. The average Bonchev–Trinajstić information content (AvgIpc) is 2.65. The number of carbonyl (C=O) groups is 1. The summed E-state index contributed by atoms with van der Waals surface area (Å²) in [6, 6.07) is -0.384. The molecule has 1 aliphatic carbocycles. The van der Waals surface area contributed by atoms with Gasteiger partial charge in [0.05, 0.1) is 18.0 Å². The molecule has 1 heterocycles. The number of rotatable bonds is 3. The number of halogens is 3. The van der Waals surface area contributed by atoms with Crippen LogP contribution in [0, 0.1) is 19.8 Å². The zero-order chi connectivity index (χ0) is 16.5. The minimum atomic E-state index is -4.17. The van der Waals surface area contributed by atoms with Crippen molar-refractivity contribution < 1.29 is 18.0 Å². The van der Waals surface area contributed by atoms with E-state index < -0.39 is 12.1 Å². The van der Waals surface area contributed by atoms with Gasteiger partial charge in [0, 0.05) is 24.3 Å². The fraction of sp³-hybridized carbons (Fsp3) is 0.733. The fourth-order valence-corrected chi connectivity index (χ4v) is 3.13. The van der Waals surface area contributed by atoms with Gasteiger partial charge in [-0.1, -0.05) is 6.42 Å². The molecule has 0 bridgehead atoms. The maximum atomic E-state index is 12.8. The van der Waals surface area contributed by atoms with Crippen molar-refractivity contribution in [3.63, 3.8) is 0 Å². The number of alkyl halides is 3. The van der Waals surface area contributed by atoms with Gasteiger partial charge in [0.1, 0.15) is 0 Å². The summed E-state index contributed by atoms with van der Waals surface area (Å²) in [7, 11) is 1.80. The molecule has 1 amide bonds. The third-order valence-corrected chi connectivity index (χ3v) is 4.50. The molecular formula is C15H22F3N3O. The highest BCUT2D eigenvalue weighted by molar-refractivity contribution is 5.79. The van der Waals surface area contributed by atoms with Crippen molar-refractivity contribution in [1.29, 1.82) is 0 Å². The predicted molar refractivity (Wildman–Crippen MR) is 76.3 cm³/mol. The number of nitrogens with zero attached hydrogens (tertiary/aromatic N) is 2. The molecule has 0 aromatic carbocycles. The van der Waals surface area contributed by atoms with Crippen LogP contribution in [0.2, 0.25) is 0 Å². The molecule has 1 aromatic rings. The van der Waals surface area contributed by atoms with Gasteiger partial charge in [-0.05, 0) is 33.1 Å². The second-order valence-electron chi connectivity index (χ2n) is 6.12. The molecule has 0 unspecified atom stereocenters. The Kier molecular flexibility index (Phi) is 4.82. The van der Waals surface area contributed by atoms with Crippen LogP contribution in [0.15, 0.2) is 0 Å². The van der Waals surface area contributed by atoms with Gasteiger partial charge in [-0.3, -0.25) is 9.48 Å². The number of nitrogens with one attached hydrogen (secondary N) is 1. The summed E-state index contributed by atoms with van der Waals surface area (Å²) in [5.41, 5.74) is 2.54. The lowest BCUT2D eigenvalue weighted by atomic mass is 9.85. The summed E-state index contributed by atoms with van der Waals surface area (Å²) in [6.07, 6.45) is -2.74. The normalized spacial score (nSPS) is 22.6. The zero-order valence-electron chi connectivity index (χ0n) is 13.1. The highest BCUT2D eigenvalue weighted by Gasteiger charge is 2.42. The molecule has 4 nitrogen and oxygen atoms in total. The Balaban J connectivity index is 1.94. The number of hydrogen-bond acceptors (Lipinski definition) is 2. The van der Waals surface area contributed by atoms with E-state index in [4.69, 9.17) is 0 Å². The molecule has 0 spiro atoms. The number of aryl methyl sites for hydroxylation is 2. The van der Waals surface area contributed by atoms with E-state index in [1.165, 1.54) is 0 Å². The number of hydrogen-bond donors (Lipinski definition) is 1. The Morgan fingerprint density at radius 1 is 1.36 bits per heavy atom. The van der Waals surface area contributed by atoms with E-state index in [0.717, 1.165) is 17.0 Å². The van der Waals surface area contributed by atoms with Crippen LogP contribution >= 0.6 is 0 Å². The van der Waals surface area contributed by atoms with Crippen molar-refractivity contribution in [3.8, 4) is 0 Å². The summed E-state index contributed by atoms with van der Waals surface area (Å²) >= 11 is 0. The van der Waals surface area contributed by atoms with E-state index in [9.17, 15) is 18.0 Å². The van der Waals surface area contributed by atoms with Crippen LogP contribution < -0.4 is 5.32 Å². The maximum absolute atomic E-state index is 12.8. The molecule has 1 saturated carbocycles. The molecule has 124 valence electrons. The minimum Gasteiger partial charge on any atom is -0.353 e. The third-order valence-electron chi connectivity index (χ3n) is 4.50. The Morgan fingerprint density at radius 2 is 2.05 bits per heavy atom. The monoisotopic (exact) mass is 317 g/mol. The highest BCUT2D eigenvalue weighted by Crippen LogP contribution is 2.37. The molecule has 1 aliphatic rings. The van der Waals surface area contributed by atoms with Crippen LogP contribution in [0.5, 0.6) is 0 Å². The van der Waals surface area contributed by atoms with Gasteiger partial charge in [-0.15, -0.1) is 0 Å². The van der Waals surface area contributed by atoms with Crippen molar-refractivity contribution >= 4 is 5.91 Å². The second kappa shape index (κ2) is 6.30. The molecule has 7 heteroatoms. The molecule has 0 radical (unpaired) electrons. The van der Waals surface area contributed by atoms with Gasteiger partial charge in [-0.2, -0.15) is 18.3 Å². The van der Waals surface area contributed by atoms with E-state index >= 15 is 0 Å². The lowest BCUT2D eigenvalue weighted by Crippen LogP contribution is -2.42. The van der Waals surface area contributed by atoms with Crippen LogP contribution in [-0.2, 0) is 18.3 Å². The number of amides is 1.